The third-order valence-electron chi connectivity index (χ3n) is 3.54. The first-order valence-corrected chi connectivity index (χ1v) is 7.88. The molecule has 0 aliphatic carbocycles. The van der Waals surface area contributed by atoms with Crippen LogP contribution in [0.1, 0.15) is 29.9 Å². The van der Waals surface area contributed by atoms with Crippen LogP contribution in [0.2, 0.25) is 0 Å². The van der Waals surface area contributed by atoms with E-state index >= 15 is 0 Å². The number of ether oxygens (including phenoxy) is 2. The van der Waals surface area contributed by atoms with Crippen molar-refractivity contribution in [1.29, 1.82) is 0 Å². The molecule has 0 N–H and O–H groups in total. The molecule has 22 heavy (non-hydrogen) atoms. The number of benzene rings is 1. The lowest BCUT2D eigenvalue weighted by atomic mass is 10.1. The fourth-order valence-electron chi connectivity index (χ4n) is 2.57. The number of hydrogen-bond donors (Lipinski definition) is 0. The first kappa shape index (κ1) is 14.8. The van der Waals surface area contributed by atoms with Crippen LogP contribution in [0.4, 0.5) is 0 Å². The van der Waals surface area contributed by atoms with Gasteiger partial charge in [-0.25, -0.2) is 0 Å². The lowest BCUT2D eigenvalue weighted by Gasteiger charge is -2.29. The molecular weight excluding hydrogens is 300 g/mol. The Morgan fingerprint density at radius 1 is 1.41 bits per heavy atom. The molecule has 0 radical (unpaired) electrons. The van der Waals surface area contributed by atoms with Crippen molar-refractivity contribution >= 4 is 17.4 Å². The van der Waals surface area contributed by atoms with Gasteiger partial charge in [-0.3, -0.25) is 4.79 Å². The fraction of sp³-hybridized carbons (Fsp3) is 0.375. The van der Waals surface area contributed by atoms with E-state index in [0.717, 1.165) is 17.1 Å². The van der Waals surface area contributed by atoms with E-state index in [0.29, 0.717) is 18.8 Å². The third-order valence-corrected chi connectivity index (χ3v) is 4.10. The van der Waals surface area contributed by atoms with Crippen LogP contribution in [-0.4, -0.2) is 34.4 Å². The van der Waals surface area contributed by atoms with E-state index in [1.807, 2.05) is 37.4 Å². The molecule has 0 unspecified atom stereocenters. The molecule has 116 valence electrons. The Labute approximate surface area is 133 Å². The molecule has 1 aromatic carbocycles. The van der Waals surface area contributed by atoms with Crippen molar-refractivity contribution in [1.82, 2.24) is 9.27 Å². The summed E-state index contributed by atoms with van der Waals surface area (Å²) in [6, 6.07) is 7.44. The minimum atomic E-state index is -0.483. The standard InChI is InChI=1S/C16H18N2O3S/c1-16(2)10-18(15(19)13-6-7-22-17-13)9-11-4-5-12(20-3)8-14(11)21-16/h4-8H,9-10H2,1-3H3. The molecule has 0 atom stereocenters. The zero-order chi connectivity index (χ0) is 15.7. The van der Waals surface area contributed by atoms with Crippen LogP contribution in [0.15, 0.2) is 29.6 Å². The third kappa shape index (κ3) is 2.92. The molecule has 0 bridgehead atoms. The quantitative estimate of drug-likeness (QED) is 0.854. The van der Waals surface area contributed by atoms with Crippen LogP contribution in [0.25, 0.3) is 0 Å². The van der Waals surface area contributed by atoms with E-state index < -0.39 is 5.60 Å². The number of rotatable bonds is 2. The Morgan fingerprint density at radius 3 is 2.91 bits per heavy atom. The molecule has 0 saturated heterocycles. The largest absolute Gasteiger partial charge is 0.497 e. The summed E-state index contributed by atoms with van der Waals surface area (Å²) in [7, 11) is 1.63. The van der Waals surface area contributed by atoms with Gasteiger partial charge in [-0.15, -0.1) is 0 Å². The topological polar surface area (TPSA) is 51.7 Å². The maximum absolute atomic E-state index is 12.6. The molecule has 6 heteroatoms. The minimum Gasteiger partial charge on any atom is -0.497 e. The SMILES string of the molecule is COc1ccc2c(c1)OC(C)(C)CN(C(=O)c1ccsn1)C2. The van der Waals surface area contributed by atoms with Crippen LogP contribution in [0.5, 0.6) is 11.5 Å². The first-order chi connectivity index (χ1) is 10.5. The number of aromatic nitrogens is 1. The molecule has 1 aromatic heterocycles. The van der Waals surface area contributed by atoms with E-state index in [9.17, 15) is 4.79 Å². The van der Waals surface area contributed by atoms with Gasteiger partial charge in [0.05, 0.1) is 13.7 Å². The maximum atomic E-state index is 12.6. The van der Waals surface area contributed by atoms with Gasteiger partial charge in [0.25, 0.3) is 5.91 Å². The second-order valence-corrected chi connectivity index (χ2v) is 6.55. The van der Waals surface area contributed by atoms with Crippen LogP contribution < -0.4 is 9.47 Å². The van der Waals surface area contributed by atoms with Crippen LogP contribution in [-0.2, 0) is 6.54 Å². The number of amides is 1. The zero-order valence-corrected chi connectivity index (χ0v) is 13.6. The fourth-order valence-corrected chi connectivity index (χ4v) is 3.07. The van der Waals surface area contributed by atoms with Crippen molar-refractivity contribution in [3.63, 3.8) is 0 Å². The molecule has 1 aliphatic rings. The average Bonchev–Trinajstić information content (AvgIpc) is 2.96. The highest BCUT2D eigenvalue weighted by atomic mass is 32.1. The van der Waals surface area contributed by atoms with Crippen LogP contribution in [0, 0.1) is 0 Å². The second kappa shape index (κ2) is 5.61. The highest BCUT2D eigenvalue weighted by Crippen LogP contribution is 2.33. The molecular formula is C16H18N2O3S. The highest BCUT2D eigenvalue weighted by molar-refractivity contribution is 7.03. The Balaban J connectivity index is 1.95. The number of nitrogens with zero attached hydrogens (tertiary/aromatic N) is 2. The van der Waals surface area contributed by atoms with E-state index in [2.05, 4.69) is 4.37 Å². The summed E-state index contributed by atoms with van der Waals surface area (Å²) in [5.74, 6) is 1.44. The molecule has 3 rings (SSSR count). The minimum absolute atomic E-state index is 0.0680. The lowest BCUT2D eigenvalue weighted by molar-refractivity contribution is 0.0497. The van der Waals surface area contributed by atoms with Gasteiger partial charge in [0.1, 0.15) is 22.8 Å². The maximum Gasteiger partial charge on any atom is 0.274 e. The average molecular weight is 318 g/mol. The van der Waals surface area contributed by atoms with Gasteiger partial charge >= 0.3 is 0 Å². The van der Waals surface area contributed by atoms with E-state index in [4.69, 9.17) is 9.47 Å². The van der Waals surface area contributed by atoms with Crippen molar-refractivity contribution < 1.29 is 14.3 Å². The summed E-state index contributed by atoms with van der Waals surface area (Å²) in [5, 5.41) is 1.81. The summed E-state index contributed by atoms with van der Waals surface area (Å²) in [4.78, 5) is 14.4. The zero-order valence-electron chi connectivity index (χ0n) is 12.8. The number of methoxy groups -OCH3 is 1. The number of hydrogen-bond acceptors (Lipinski definition) is 5. The molecule has 0 fully saturated rings. The Hall–Kier alpha value is -2.08. The number of carbonyl (C=O) groups excluding carboxylic acids is 1. The van der Waals surface area contributed by atoms with Gasteiger partial charge in [-0.1, -0.05) is 0 Å². The Bertz CT molecular complexity index is 683. The Morgan fingerprint density at radius 2 is 2.23 bits per heavy atom. The summed E-state index contributed by atoms with van der Waals surface area (Å²) >= 11 is 1.28. The van der Waals surface area contributed by atoms with Gasteiger partial charge < -0.3 is 14.4 Å². The molecule has 2 heterocycles. The summed E-state index contributed by atoms with van der Waals surface area (Å²) in [5.41, 5.74) is 0.969. The van der Waals surface area contributed by atoms with Crippen molar-refractivity contribution in [3.05, 3.63) is 40.9 Å². The lowest BCUT2D eigenvalue weighted by Crippen LogP contribution is -2.43. The molecule has 5 nitrogen and oxygen atoms in total. The summed E-state index contributed by atoms with van der Waals surface area (Å²) in [6.45, 7) is 4.95. The number of carbonyl (C=O) groups is 1. The first-order valence-electron chi connectivity index (χ1n) is 7.04. The van der Waals surface area contributed by atoms with Crippen molar-refractivity contribution in [2.75, 3.05) is 13.7 Å². The molecule has 1 amide bonds. The Kier molecular flexibility index (Phi) is 3.78. The smallest absolute Gasteiger partial charge is 0.274 e. The van der Waals surface area contributed by atoms with Crippen LogP contribution >= 0.6 is 11.5 Å². The summed E-state index contributed by atoms with van der Waals surface area (Å²) in [6.07, 6.45) is 0. The van der Waals surface area contributed by atoms with Gasteiger partial charge in [0, 0.05) is 23.6 Å². The molecule has 0 saturated carbocycles. The van der Waals surface area contributed by atoms with Crippen LogP contribution in [0.3, 0.4) is 0 Å². The van der Waals surface area contributed by atoms with E-state index in [1.165, 1.54) is 11.5 Å². The van der Waals surface area contributed by atoms with Gasteiger partial charge in [-0.05, 0) is 43.6 Å². The number of fused-ring (bicyclic) bond motifs is 1. The molecule has 2 aromatic rings. The predicted molar refractivity (Wildman–Crippen MR) is 84.6 cm³/mol. The molecule has 0 spiro atoms. The van der Waals surface area contributed by atoms with Crippen molar-refractivity contribution in [3.8, 4) is 11.5 Å². The van der Waals surface area contributed by atoms with Gasteiger partial charge in [0.15, 0.2) is 0 Å². The second-order valence-electron chi connectivity index (χ2n) is 5.88. The van der Waals surface area contributed by atoms with Gasteiger partial charge in [-0.2, -0.15) is 4.37 Å². The van der Waals surface area contributed by atoms with Crippen molar-refractivity contribution in [2.24, 2.45) is 0 Å². The van der Waals surface area contributed by atoms with E-state index in [1.54, 1.807) is 18.1 Å². The normalized spacial score (nSPS) is 16.4. The monoisotopic (exact) mass is 318 g/mol. The molecule has 1 aliphatic heterocycles. The summed E-state index contributed by atoms with van der Waals surface area (Å²) < 4.78 is 15.5. The van der Waals surface area contributed by atoms with Gasteiger partial charge in [0.2, 0.25) is 0 Å². The predicted octanol–water partition coefficient (Wildman–Crippen LogP) is 2.97. The van der Waals surface area contributed by atoms with E-state index in [-0.39, 0.29) is 5.91 Å². The highest BCUT2D eigenvalue weighted by Gasteiger charge is 2.32. The van der Waals surface area contributed by atoms with Crippen molar-refractivity contribution in [2.45, 2.75) is 26.0 Å².